The van der Waals surface area contributed by atoms with Gasteiger partial charge in [-0.05, 0) is 44.5 Å². The Bertz CT molecular complexity index is 929. The zero-order valence-corrected chi connectivity index (χ0v) is 18.2. The molecule has 0 unspecified atom stereocenters. The molecular weight excluding hydrogens is 427 g/mol. The summed E-state index contributed by atoms with van der Waals surface area (Å²) in [6.45, 7) is 7.45. The fourth-order valence-corrected chi connectivity index (χ4v) is 3.37. The number of piperazine rings is 1. The summed E-state index contributed by atoms with van der Waals surface area (Å²) in [7, 11) is 0. The van der Waals surface area contributed by atoms with Crippen LogP contribution in [0.3, 0.4) is 0 Å². The molecule has 1 aliphatic rings. The van der Waals surface area contributed by atoms with Crippen LogP contribution in [0.25, 0.3) is 0 Å². The Morgan fingerprint density at radius 1 is 1.16 bits per heavy atom. The predicted molar refractivity (Wildman–Crippen MR) is 113 cm³/mol. The molecule has 1 aromatic carbocycles. The molecule has 7 nitrogen and oxygen atoms in total. The quantitative estimate of drug-likeness (QED) is 0.427. The fourth-order valence-electron chi connectivity index (χ4n) is 3.37. The number of nitrogens with zero attached hydrogens (tertiary/aromatic N) is 2. The molecule has 1 amide bonds. The van der Waals surface area contributed by atoms with Crippen molar-refractivity contribution in [2.75, 3.05) is 37.7 Å². The molecule has 1 saturated heterocycles. The molecule has 0 radical (unpaired) electrons. The molecule has 3 rings (SSSR count). The van der Waals surface area contributed by atoms with E-state index in [0.717, 1.165) is 12.1 Å². The zero-order valence-electron chi connectivity index (χ0n) is 18.2. The van der Waals surface area contributed by atoms with Crippen molar-refractivity contribution in [3.63, 3.8) is 0 Å². The lowest BCUT2D eigenvalue weighted by atomic mass is 10.1. The second kappa shape index (κ2) is 10.8. The van der Waals surface area contributed by atoms with E-state index in [1.807, 2.05) is 0 Å². The molecule has 0 atom stereocenters. The highest BCUT2D eigenvalue weighted by atomic mass is 19.4. The summed E-state index contributed by atoms with van der Waals surface area (Å²) in [6.07, 6.45) is -2.71. The van der Waals surface area contributed by atoms with Crippen LogP contribution in [0.1, 0.15) is 34.1 Å². The maximum atomic E-state index is 12.9. The standard InChI is InChI=1S/C19H20F3N3O2.C3H6O2/c1-12-11-23-13(2)16(12)17(26)18(27)25-8-6-24(7-9-25)15-5-3-4-14(10-15)19(20,21)22;1-2-5-3-4/h3-5,10-11,23H,6-9H2,1-2H3;3H,2H2,1H3. The molecule has 10 heteroatoms. The van der Waals surface area contributed by atoms with Gasteiger partial charge in [0.2, 0.25) is 0 Å². The van der Waals surface area contributed by atoms with Gasteiger partial charge in [-0.2, -0.15) is 13.2 Å². The number of amides is 1. The van der Waals surface area contributed by atoms with Gasteiger partial charge in [-0.15, -0.1) is 0 Å². The van der Waals surface area contributed by atoms with Crippen molar-refractivity contribution in [2.24, 2.45) is 0 Å². The number of aromatic nitrogens is 1. The lowest BCUT2D eigenvalue weighted by molar-refractivity contribution is -0.137. The lowest BCUT2D eigenvalue weighted by Gasteiger charge is -2.36. The number of alkyl halides is 3. The third-order valence-corrected chi connectivity index (χ3v) is 5.04. The van der Waals surface area contributed by atoms with Crippen LogP contribution in [0.2, 0.25) is 0 Å². The maximum Gasteiger partial charge on any atom is 0.416 e. The van der Waals surface area contributed by atoms with Crippen LogP contribution < -0.4 is 4.90 Å². The van der Waals surface area contributed by atoms with Crippen molar-refractivity contribution in [1.82, 2.24) is 9.88 Å². The van der Waals surface area contributed by atoms with Crippen molar-refractivity contribution in [3.05, 3.63) is 52.8 Å². The van der Waals surface area contributed by atoms with Crippen LogP contribution in [0.15, 0.2) is 30.5 Å². The monoisotopic (exact) mass is 453 g/mol. The Balaban J connectivity index is 0.000000654. The molecule has 0 bridgehead atoms. The number of nitrogens with one attached hydrogen (secondary N) is 1. The third-order valence-electron chi connectivity index (χ3n) is 5.04. The van der Waals surface area contributed by atoms with Crippen LogP contribution in [0.4, 0.5) is 18.9 Å². The van der Waals surface area contributed by atoms with E-state index < -0.39 is 23.4 Å². The summed E-state index contributed by atoms with van der Waals surface area (Å²) in [4.78, 5) is 40.4. The van der Waals surface area contributed by atoms with E-state index in [9.17, 15) is 27.6 Å². The van der Waals surface area contributed by atoms with Gasteiger partial charge >= 0.3 is 6.18 Å². The van der Waals surface area contributed by atoms with E-state index in [0.29, 0.717) is 48.7 Å². The average molecular weight is 453 g/mol. The summed E-state index contributed by atoms with van der Waals surface area (Å²) in [5.41, 5.74) is 1.51. The number of ether oxygens (including phenoxy) is 1. The van der Waals surface area contributed by atoms with Gasteiger partial charge in [-0.3, -0.25) is 14.4 Å². The number of hydrogen-bond donors (Lipinski definition) is 1. The smallest absolute Gasteiger partial charge is 0.416 e. The molecule has 0 spiro atoms. The van der Waals surface area contributed by atoms with Gasteiger partial charge in [0, 0.05) is 43.8 Å². The van der Waals surface area contributed by atoms with Gasteiger partial charge in [0.15, 0.2) is 0 Å². The van der Waals surface area contributed by atoms with Crippen molar-refractivity contribution < 1.29 is 32.3 Å². The summed E-state index contributed by atoms with van der Waals surface area (Å²) in [5.74, 6) is -1.14. The van der Waals surface area contributed by atoms with Crippen LogP contribution in [0.5, 0.6) is 0 Å². The molecule has 2 aromatic rings. The lowest BCUT2D eigenvalue weighted by Crippen LogP contribution is -2.50. The third kappa shape index (κ3) is 6.12. The second-order valence-electron chi connectivity index (χ2n) is 7.18. The number of H-pyrrole nitrogens is 1. The minimum absolute atomic E-state index is 0.281. The number of anilines is 1. The molecule has 1 aliphatic heterocycles. The van der Waals surface area contributed by atoms with E-state index >= 15 is 0 Å². The normalized spacial score (nSPS) is 13.8. The van der Waals surface area contributed by atoms with E-state index in [1.165, 1.54) is 11.0 Å². The Kier molecular flexibility index (Phi) is 8.45. The second-order valence-corrected chi connectivity index (χ2v) is 7.18. The largest absolute Gasteiger partial charge is 0.468 e. The molecule has 0 aliphatic carbocycles. The highest BCUT2D eigenvalue weighted by Crippen LogP contribution is 2.32. The number of carbonyl (C=O) groups is 3. The highest BCUT2D eigenvalue weighted by molar-refractivity contribution is 6.43. The van der Waals surface area contributed by atoms with Crippen molar-refractivity contribution in [3.8, 4) is 0 Å². The first-order chi connectivity index (χ1) is 15.1. The van der Waals surface area contributed by atoms with Crippen LogP contribution in [-0.4, -0.2) is 60.8 Å². The van der Waals surface area contributed by atoms with E-state index in [1.54, 1.807) is 37.9 Å². The number of ketones is 1. The first-order valence-corrected chi connectivity index (χ1v) is 10.1. The zero-order chi connectivity index (χ0) is 23.9. The molecule has 2 heterocycles. The van der Waals surface area contributed by atoms with Gasteiger partial charge in [0.05, 0.1) is 17.7 Å². The predicted octanol–water partition coefficient (Wildman–Crippen LogP) is 3.36. The minimum atomic E-state index is -4.40. The first-order valence-electron chi connectivity index (χ1n) is 10.1. The Labute approximate surface area is 184 Å². The number of hydrogen-bond acceptors (Lipinski definition) is 5. The minimum Gasteiger partial charge on any atom is -0.468 e. The molecular formula is C22H26F3N3O4. The number of rotatable bonds is 5. The molecule has 174 valence electrons. The van der Waals surface area contributed by atoms with Gasteiger partial charge in [-0.25, -0.2) is 0 Å². The Morgan fingerprint density at radius 2 is 1.81 bits per heavy atom. The number of halogens is 3. The summed E-state index contributed by atoms with van der Waals surface area (Å²) >= 11 is 0. The van der Waals surface area contributed by atoms with Crippen molar-refractivity contribution in [1.29, 1.82) is 0 Å². The van der Waals surface area contributed by atoms with E-state index in [-0.39, 0.29) is 13.1 Å². The average Bonchev–Trinajstić information content (AvgIpc) is 3.11. The van der Waals surface area contributed by atoms with Crippen molar-refractivity contribution in [2.45, 2.75) is 26.9 Å². The topological polar surface area (TPSA) is 82.7 Å². The van der Waals surface area contributed by atoms with Crippen LogP contribution >= 0.6 is 0 Å². The number of carbonyl (C=O) groups excluding carboxylic acids is 3. The highest BCUT2D eigenvalue weighted by Gasteiger charge is 2.32. The van der Waals surface area contributed by atoms with E-state index in [2.05, 4.69) is 9.72 Å². The molecule has 0 saturated carbocycles. The molecule has 32 heavy (non-hydrogen) atoms. The SMILES string of the molecule is CCOC=O.Cc1c[nH]c(C)c1C(=O)C(=O)N1CCN(c2cccc(C(F)(F)F)c2)CC1. The Morgan fingerprint density at radius 3 is 2.28 bits per heavy atom. The summed E-state index contributed by atoms with van der Waals surface area (Å²) in [6, 6.07) is 5.12. The molecule has 1 fully saturated rings. The number of aromatic amines is 1. The van der Waals surface area contributed by atoms with Gasteiger partial charge in [-0.1, -0.05) is 6.07 Å². The Hall–Kier alpha value is -3.30. The van der Waals surface area contributed by atoms with E-state index in [4.69, 9.17) is 0 Å². The molecule has 1 N–H and O–H groups in total. The van der Waals surface area contributed by atoms with Gasteiger partial charge in [0.25, 0.3) is 18.2 Å². The van der Waals surface area contributed by atoms with Crippen LogP contribution in [-0.2, 0) is 20.5 Å². The number of benzene rings is 1. The van der Waals surface area contributed by atoms with Gasteiger partial charge in [0.1, 0.15) is 0 Å². The van der Waals surface area contributed by atoms with Gasteiger partial charge < -0.3 is 19.5 Å². The number of Topliss-reactive ketones (excluding diaryl/α,β-unsaturated/α-hetero) is 1. The summed E-state index contributed by atoms with van der Waals surface area (Å²) in [5, 5.41) is 0. The van der Waals surface area contributed by atoms with Crippen molar-refractivity contribution >= 4 is 23.9 Å². The van der Waals surface area contributed by atoms with Crippen LogP contribution in [0, 0.1) is 13.8 Å². The number of aryl methyl sites for hydroxylation is 2. The summed E-state index contributed by atoms with van der Waals surface area (Å²) < 4.78 is 42.8. The maximum absolute atomic E-state index is 12.9. The fraction of sp³-hybridized carbons (Fsp3) is 0.409. The molecule has 1 aromatic heterocycles. The first kappa shape index (κ1) is 25.0.